The number of amides is 2. The maximum atomic E-state index is 13.2. The van der Waals surface area contributed by atoms with Gasteiger partial charge in [-0.1, -0.05) is 42.1 Å². The average Bonchev–Trinajstić information content (AvgIpc) is 2.61. The molecule has 0 radical (unpaired) electrons. The van der Waals surface area contributed by atoms with Gasteiger partial charge in [-0.3, -0.25) is 9.59 Å². The molecule has 5 nitrogen and oxygen atoms in total. The highest BCUT2D eigenvalue weighted by Gasteiger charge is 2.48. The predicted molar refractivity (Wildman–Crippen MR) is 118 cm³/mol. The molecule has 1 saturated heterocycles. The number of likely N-dealkylation sites (tertiary alicyclic amines) is 1. The van der Waals surface area contributed by atoms with Crippen molar-refractivity contribution < 1.29 is 9.59 Å². The zero-order chi connectivity index (χ0) is 21.2. The van der Waals surface area contributed by atoms with E-state index in [4.69, 9.17) is 5.73 Å². The van der Waals surface area contributed by atoms with Crippen molar-refractivity contribution in [1.29, 1.82) is 0 Å². The van der Waals surface area contributed by atoms with E-state index in [1.807, 2.05) is 82.3 Å². The number of hydrogen-bond donors (Lipinski definition) is 2. The summed E-state index contributed by atoms with van der Waals surface area (Å²) in [6, 6.07) is 17.5. The second-order valence-corrected chi connectivity index (χ2v) is 9.91. The van der Waals surface area contributed by atoms with Crippen molar-refractivity contribution in [3.8, 4) is 0 Å². The minimum Gasteiger partial charge on any atom is -0.328 e. The topological polar surface area (TPSA) is 75.4 Å². The molecule has 0 aromatic heterocycles. The van der Waals surface area contributed by atoms with Crippen LogP contribution in [0.3, 0.4) is 0 Å². The van der Waals surface area contributed by atoms with Gasteiger partial charge in [0.15, 0.2) is 0 Å². The first-order valence-corrected chi connectivity index (χ1v) is 10.6. The van der Waals surface area contributed by atoms with Gasteiger partial charge in [0.05, 0.1) is 5.69 Å². The number of carbonyl (C=O) groups excluding carboxylic acids is 2. The molecule has 1 aliphatic heterocycles. The van der Waals surface area contributed by atoms with Crippen LogP contribution in [0.15, 0.2) is 64.4 Å². The third-order valence-electron chi connectivity index (χ3n) is 5.24. The Kier molecular flexibility index (Phi) is 6.05. The summed E-state index contributed by atoms with van der Waals surface area (Å²) < 4.78 is 0. The molecule has 0 unspecified atom stereocenters. The molecule has 2 amide bonds. The molecule has 1 fully saturated rings. The van der Waals surface area contributed by atoms with Crippen molar-refractivity contribution in [2.75, 3.05) is 5.32 Å². The van der Waals surface area contributed by atoms with E-state index in [2.05, 4.69) is 5.32 Å². The van der Waals surface area contributed by atoms with Crippen LogP contribution in [-0.2, 0) is 9.59 Å². The van der Waals surface area contributed by atoms with Gasteiger partial charge in [-0.05, 0) is 64.8 Å². The monoisotopic (exact) mass is 411 g/mol. The molecular formula is C23H29N3O2S. The molecule has 1 heterocycles. The van der Waals surface area contributed by atoms with Gasteiger partial charge >= 0.3 is 11.8 Å². The van der Waals surface area contributed by atoms with Crippen molar-refractivity contribution in [2.45, 2.75) is 67.4 Å². The predicted octanol–water partition coefficient (Wildman–Crippen LogP) is 4.28. The third-order valence-corrected chi connectivity index (χ3v) is 6.32. The molecule has 1 aliphatic rings. The van der Waals surface area contributed by atoms with Crippen LogP contribution in [0.5, 0.6) is 0 Å². The lowest BCUT2D eigenvalue weighted by Crippen LogP contribution is -2.66. The van der Waals surface area contributed by atoms with E-state index in [1.54, 1.807) is 16.7 Å². The lowest BCUT2D eigenvalue weighted by molar-refractivity contribution is -0.156. The van der Waals surface area contributed by atoms with Crippen LogP contribution >= 0.6 is 11.8 Å². The summed E-state index contributed by atoms with van der Waals surface area (Å²) in [5.74, 6) is -1.14. The molecule has 0 spiro atoms. The minimum absolute atomic E-state index is 0.00936. The van der Waals surface area contributed by atoms with E-state index in [0.29, 0.717) is 18.5 Å². The highest BCUT2D eigenvalue weighted by atomic mass is 32.2. The fourth-order valence-corrected chi connectivity index (χ4v) is 5.38. The first-order chi connectivity index (χ1) is 13.6. The lowest BCUT2D eigenvalue weighted by Gasteiger charge is -2.54. The van der Waals surface area contributed by atoms with E-state index < -0.39 is 22.9 Å². The summed E-state index contributed by atoms with van der Waals surface area (Å²) in [6.45, 7) is 7.88. The van der Waals surface area contributed by atoms with Crippen LogP contribution < -0.4 is 11.1 Å². The number of carbonyl (C=O) groups is 2. The fraction of sp³-hybridized carbons (Fsp3) is 0.391. The number of para-hydroxylation sites is 1. The Balaban J connectivity index is 1.81. The van der Waals surface area contributed by atoms with Gasteiger partial charge in [0.2, 0.25) is 0 Å². The normalized spacial score (nSPS) is 18.3. The number of piperidine rings is 1. The standard InChI is InChI=1S/C23H29N3O2S/c1-22(2)14-16(24)15-23(3,4)26(22)21(28)20(27)25-18-12-8-9-13-19(18)29-17-10-6-5-7-11-17/h5-13,16H,14-15,24H2,1-4H3,(H,25,27). The number of rotatable bonds is 3. The maximum absolute atomic E-state index is 13.2. The summed E-state index contributed by atoms with van der Waals surface area (Å²) in [5.41, 5.74) is 5.84. The van der Waals surface area contributed by atoms with Crippen molar-refractivity contribution in [3.63, 3.8) is 0 Å². The summed E-state index contributed by atoms with van der Waals surface area (Å²) in [4.78, 5) is 29.8. The summed E-state index contributed by atoms with van der Waals surface area (Å²) in [5, 5.41) is 2.83. The Labute approximate surface area is 177 Å². The van der Waals surface area contributed by atoms with E-state index >= 15 is 0 Å². The second kappa shape index (κ2) is 8.20. The molecule has 0 atom stereocenters. The highest BCUT2D eigenvalue weighted by molar-refractivity contribution is 7.99. The van der Waals surface area contributed by atoms with Crippen LogP contribution in [0.2, 0.25) is 0 Å². The van der Waals surface area contributed by atoms with Gasteiger partial charge < -0.3 is 16.0 Å². The van der Waals surface area contributed by atoms with E-state index in [-0.39, 0.29) is 6.04 Å². The number of nitrogens with one attached hydrogen (secondary N) is 1. The van der Waals surface area contributed by atoms with Crippen molar-refractivity contribution in [1.82, 2.24) is 4.90 Å². The number of nitrogens with zero attached hydrogens (tertiary/aromatic N) is 1. The average molecular weight is 412 g/mol. The molecule has 0 bridgehead atoms. The molecule has 6 heteroatoms. The molecule has 2 aromatic carbocycles. The number of benzene rings is 2. The van der Waals surface area contributed by atoms with Crippen molar-refractivity contribution >= 4 is 29.3 Å². The lowest BCUT2D eigenvalue weighted by atomic mass is 9.77. The van der Waals surface area contributed by atoms with Gasteiger partial charge in [-0.15, -0.1) is 0 Å². The van der Waals surface area contributed by atoms with Gasteiger partial charge in [-0.2, -0.15) is 0 Å². The van der Waals surface area contributed by atoms with Gasteiger partial charge in [0.25, 0.3) is 0 Å². The number of nitrogens with two attached hydrogens (primary N) is 1. The molecular weight excluding hydrogens is 382 g/mol. The quantitative estimate of drug-likeness (QED) is 0.739. The largest absolute Gasteiger partial charge is 0.328 e. The Bertz CT molecular complexity index is 878. The molecule has 29 heavy (non-hydrogen) atoms. The Morgan fingerprint density at radius 3 is 2.14 bits per heavy atom. The molecule has 0 aliphatic carbocycles. The molecule has 154 valence electrons. The summed E-state index contributed by atoms with van der Waals surface area (Å²) in [7, 11) is 0. The highest BCUT2D eigenvalue weighted by Crippen LogP contribution is 2.38. The van der Waals surface area contributed by atoms with Crippen LogP contribution in [0.25, 0.3) is 0 Å². The Hall–Kier alpha value is -2.31. The third kappa shape index (κ3) is 4.82. The van der Waals surface area contributed by atoms with Gasteiger partial charge in [0.1, 0.15) is 0 Å². The molecule has 2 aromatic rings. The molecule has 0 saturated carbocycles. The summed E-state index contributed by atoms with van der Waals surface area (Å²) >= 11 is 1.55. The molecule has 3 rings (SSSR count). The van der Waals surface area contributed by atoms with Crippen molar-refractivity contribution in [2.24, 2.45) is 5.73 Å². The van der Waals surface area contributed by atoms with Crippen molar-refractivity contribution in [3.05, 3.63) is 54.6 Å². The van der Waals surface area contributed by atoms with Gasteiger partial charge in [0, 0.05) is 26.9 Å². The number of anilines is 1. The van der Waals surface area contributed by atoms with Gasteiger partial charge in [-0.25, -0.2) is 0 Å². The fourth-order valence-electron chi connectivity index (χ4n) is 4.46. The zero-order valence-corrected chi connectivity index (χ0v) is 18.3. The van der Waals surface area contributed by atoms with Crippen LogP contribution in [0.1, 0.15) is 40.5 Å². The van der Waals surface area contributed by atoms with Crippen LogP contribution in [-0.4, -0.2) is 33.8 Å². The zero-order valence-electron chi connectivity index (χ0n) is 17.4. The van der Waals surface area contributed by atoms with Crippen LogP contribution in [0.4, 0.5) is 5.69 Å². The van der Waals surface area contributed by atoms with E-state index in [1.165, 1.54) is 0 Å². The Morgan fingerprint density at radius 1 is 0.966 bits per heavy atom. The summed E-state index contributed by atoms with van der Waals surface area (Å²) in [6.07, 6.45) is 1.33. The Morgan fingerprint density at radius 2 is 1.52 bits per heavy atom. The minimum atomic E-state index is -0.622. The first-order valence-electron chi connectivity index (χ1n) is 9.83. The van der Waals surface area contributed by atoms with E-state index in [0.717, 1.165) is 9.79 Å². The molecule has 3 N–H and O–H groups in total. The van der Waals surface area contributed by atoms with Crippen LogP contribution in [0, 0.1) is 0 Å². The van der Waals surface area contributed by atoms with E-state index in [9.17, 15) is 9.59 Å². The number of hydrogen-bond acceptors (Lipinski definition) is 4. The smallest absolute Gasteiger partial charge is 0.313 e. The SMILES string of the molecule is CC1(C)CC(N)CC(C)(C)N1C(=O)C(=O)Nc1ccccc1Sc1ccccc1. The second-order valence-electron chi connectivity index (χ2n) is 8.80. The first kappa shape index (κ1) is 21.4. The maximum Gasteiger partial charge on any atom is 0.313 e.